The molecule has 2 aliphatic rings. The van der Waals surface area contributed by atoms with Crippen LogP contribution in [0.5, 0.6) is 11.5 Å². The average Bonchev–Trinajstić information content (AvgIpc) is 2.19. The number of fused-ring (bicyclic) bond motifs is 4. The van der Waals surface area contributed by atoms with Gasteiger partial charge in [0.05, 0.1) is 55.2 Å². The fourth-order valence-electron chi connectivity index (χ4n) is 10.4. The number of aromatic nitrogens is 2. The Labute approximate surface area is 495 Å². The van der Waals surface area contributed by atoms with E-state index in [9.17, 15) is 33.1 Å². The molecule has 0 amide bonds. The number of benzene rings is 4. The van der Waals surface area contributed by atoms with E-state index in [4.69, 9.17) is 23.1 Å². The monoisotopic (exact) mass is 1220 g/mol. The molecule has 20 heteroatoms. The number of rotatable bonds is 13. The largest absolute Gasteiger partial charge is 0.494 e. The van der Waals surface area contributed by atoms with Gasteiger partial charge in [0.1, 0.15) is 45.4 Å². The second-order valence-corrected chi connectivity index (χ2v) is 36.0. The number of esters is 1. The van der Waals surface area contributed by atoms with E-state index in [1.807, 2.05) is 0 Å². The maximum Gasteiger partial charge on any atom is 0.343 e. The summed E-state index contributed by atoms with van der Waals surface area (Å²) in [5, 5.41) is 10.1. The number of pyridine rings is 2. The molecule has 84 heavy (non-hydrogen) atoms. The van der Waals surface area contributed by atoms with Crippen LogP contribution < -0.4 is 20.3 Å². The first kappa shape index (κ1) is 61.9. The number of carbonyl (C=O) groups excluding carboxylic acids is 1. The number of nitrogens with zero attached hydrogens (tertiary/aromatic N) is 2. The third kappa shape index (κ3) is 11.7. The maximum atomic E-state index is 15.2. The first-order valence-electron chi connectivity index (χ1n) is 28.0. The topological polar surface area (TPSA) is 145 Å². The van der Waals surface area contributed by atoms with Crippen molar-refractivity contribution in [3.63, 3.8) is 0 Å². The predicted octanol–water partition coefficient (Wildman–Crippen LogP) is 16.7. The van der Waals surface area contributed by atoms with E-state index in [2.05, 4.69) is 79.9 Å². The smallest absolute Gasteiger partial charge is 0.343 e. The quantitative estimate of drug-likeness (QED) is 0.0673. The molecule has 0 fully saturated rings. The third-order valence-corrected chi connectivity index (χ3v) is 28.4. The van der Waals surface area contributed by atoms with Crippen LogP contribution in [0.3, 0.4) is 0 Å². The molecule has 4 heterocycles. The second-order valence-electron chi connectivity index (χ2n) is 24.3. The van der Waals surface area contributed by atoms with Gasteiger partial charge >= 0.3 is 11.9 Å². The van der Waals surface area contributed by atoms with Crippen molar-refractivity contribution in [2.24, 2.45) is 0 Å². The van der Waals surface area contributed by atoms with E-state index < -0.39 is 68.3 Å². The van der Waals surface area contributed by atoms with Gasteiger partial charge in [-0.2, -0.15) is 0 Å². The molecule has 2 atom stereocenters. The summed E-state index contributed by atoms with van der Waals surface area (Å²) in [5.41, 5.74) is 2.10. The number of halogens is 4. The zero-order valence-corrected chi connectivity index (χ0v) is 53.2. The molecule has 0 saturated heterocycles. The van der Waals surface area contributed by atoms with Crippen LogP contribution in [0.2, 0.25) is 36.3 Å². The Morgan fingerprint density at radius 2 is 1.02 bits per heavy atom. The van der Waals surface area contributed by atoms with Crippen LogP contribution in [0.15, 0.2) is 94.8 Å². The van der Waals surface area contributed by atoms with Crippen LogP contribution in [0.4, 0.5) is 17.6 Å². The molecule has 8 aromatic rings. The summed E-state index contributed by atoms with van der Waals surface area (Å²) in [6, 6.07) is 17.1. The number of hydrogen-bond donors (Lipinski definition) is 1. The zero-order valence-electron chi connectivity index (χ0n) is 49.5. The van der Waals surface area contributed by atoms with Crippen molar-refractivity contribution in [2.75, 3.05) is 20.8 Å². The summed E-state index contributed by atoms with van der Waals surface area (Å²) in [6.07, 6.45) is 8.11. The normalized spacial score (nSPS) is 15.5. The van der Waals surface area contributed by atoms with Crippen molar-refractivity contribution < 1.29 is 55.3 Å². The number of methoxy groups -OCH3 is 2. The SMILES string of the molecule is CCOC(=O)c1cn(-c2ccc(F)cc2F)c2c(OC)c(-c3cc4c(s3)C(O[Si](C)(C)C(C)(C)C)CCC4)ccc2c1=O.COc1c(-c2cc3c(s2)C(O[Si](C)(C)C(C)(C)C)CCC3)ccc2c(=O)c(C(=O)O)cn(-c3ccc(F)cc3F)c12. The highest BCUT2D eigenvalue weighted by Gasteiger charge is 2.42. The van der Waals surface area contributed by atoms with Crippen molar-refractivity contribution in [1.82, 2.24) is 9.13 Å². The molecule has 0 spiro atoms. The molecule has 2 unspecified atom stereocenters. The van der Waals surface area contributed by atoms with Gasteiger partial charge in [-0.25, -0.2) is 27.2 Å². The van der Waals surface area contributed by atoms with E-state index in [-0.39, 0.29) is 67.6 Å². The zero-order chi connectivity index (χ0) is 61.1. The van der Waals surface area contributed by atoms with E-state index in [0.717, 1.165) is 78.2 Å². The van der Waals surface area contributed by atoms with E-state index in [0.29, 0.717) is 23.1 Å². The van der Waals surface area contributed by atoms with Crippen molar-refractivity contribution in [3.8, 4) is 43.8 Å². The summed E-state index contributed by atoms with van der Waals surface area (Å²) >= 11 is 3.26. The van der Waals surface area contributed by atoms with Crippen LogP contribution in [-0.4, -0.2) is 63.6 Å². The average molecular weight is 1220 g/mol. The van der Waals surface area contributed by atoms with Gasteiger partial charge in [0.2, 0.25) is 10.9 Å². The van der Waals surface area contributed by atoms with Gasteiger partial charge in [0, 0.05) is 55.2 Å². The molecule has 0 saturated carbocycles. The molecule has 1 N–H and O–H groups in total. The molecular weight excluding hydrogens is 1150 g/mol. The lowest BCUT2D eigenvalue weighted by molar-refractivity contribution is 0.0523. The molecule has 0 radical (unpaired) electrons. The van der Waals surface area contributed by atoms with Crippen LogP contribution in [0.1, 0.15) is 128 Å². The molecular formula is C64H70F4N2O10S2Si2. The maximum absolute atomic E-state index is 15.2. The van der Waals surface area contributed by atoms with Gasteiger partial charge in [0.25, 0.3) is 0 Å². The summed E-state index contributed by atoms with van der Waals surface area (Å²) in [6.45, 7) is 24.1. The number of aryl methyl sites for hydroxylation is 2. The first-order chi connectivity index (χ1) is 39.5. The van der Waals surface area contributed by atoms with Crippen LogP contribution in [0, 0.1) is 23.3 Å². The van der Waals surface area contributed by atoms with Crippen LogP contribution >= 0.6 is 22.7 Å². The fourth-order valence-corrected chi connectivity index (χ4v) is 15.8. The minimum Gasteiger partial charge on any atom is -0.494 e. The number of thiophene rings is 2. The van der Waals surface area contributed by atoms with Crippen molar-refractivity contribution in [2.45, 2.75) is 135 Å². The molecule has 4 aromatic carbocycles. The summed E-state index contributed by atoms with van der Waals surface area (Å²) in [7, 11) is -1.10. The van der Waals surface area contributed by atoms with E-state index in [1.54, 1.807) is 53.9 Å². The van der Waals surface area contributed by atoms with Crippen LogP contribution in [0.25, 0.3) is 54.1 Å². The lowest BCUT2D eigenvalue weighted by Crippen LogP contribution is -2.42. The van der Waals surface area contributed by atoms with Gasteiger partial charge in [-0.3, -0.25) is 9.59 Å². The van der Waals surface area contributed by atoms with Gasteiger partial charge in [0.15, 0.2) is 28.1 Å². The second kappa shape index (κ2) is 23.6. The van der Waals surface area contributed by atoms with E-state index >= 15 is 8.78 Å². The molecule has 12 nitrogen and oxygen atoms in total. The van der Waals surface area contributed by atoms with Crippen molar-refractivity contribution >= 4 is 73.1 Å². The number of carboxylic acids is 1. The standard InChI is InChI=1S/C33H37F2NO5SSi.C31H33F2NO5SSi/c1-8-40-32(38)23-18-36(25-15-12-20(34)17-24(25)35)28-22(29(23)37)14-13-21(30(28)39-5)27-16-19-10-9-11-26(31(19)42-27)41-43(6,7)33(2,3)4;1-31(2,3)41(5,6)39-24-9-7-8-17-14-25(40-29(17)24)19-11-12-20-26(28(19)38-4)34(16-21(27(20)35)30(36)37)23-13-10-18(32)15-22(23)33/h12-18,26H,8-11H2,1-7H3;10-16,24H,7-9H2,1-6H3,(H,36,37). The van der Waals surface area contributed by atoms with Gasteiger partial charge in [-0.05, 0) is 154 Å². The van der Waals surface area contributed by atoms with Gasteiger partial charge in [-0.1, -0.05) is 41.5 Å². The van der Waals surface area contributed by atoms with Crippen molar-refractivity contribution in [3.05, 3.63) is 161 Å². The van der Waals surface area contributed by atoms with Gasteiger partial charge in [-0.15, -0.1) is 22.7 Å². The van der Waals surface area contributed by atoms with Crippen molar-refractivity contribution in [1.29, 1.82) is 0 Å². The number of aromatic carboxylic acids is 1. The summed E-state index contributed by atoms with van der Waals surface area (Å²) in [4.78, 5) is 55.7. The molecule has 2 aliphatic carbocycles. The number of ether oxygens (including phenoxy) is 3. The summed E-state index contributed by atoms with van der Waals surface area (Å²) in [5.74, 6) is -4.93. The molecule has 10 rings (SSSR count). The highest BCUT2D eigenvalue weighted by molar-refractivity contribution is 7.16. The Hall–Kier alpha value is -6.69. The highest BCUT2D eigenvalue weighted by atomic mass is 32.1. The number of hydrogen-bond acceptors (Lipinski definition) is 11. The Morgan fingerprint density at radius 1 is 0.619 bits per heavy atom. The lowest BCUT2D eigenvalue weighted by atomic mass is 9.96. The number of carboxylic acid groups (broad SMARTS) is 1. The molecule has 4 aromatic heterocycles. The predicted molar refractivity (Wildman–Crippen MR) is 329 cm³/mol. The summed E-state index contributed by atoms with van der Waals surface area (Å²) < 4.78 is 91.2. The lowest BCUT2D eigenvalue weighted by Gasteiger charge is -2.40. The van der Waals surface area contributed by atoms with Crippen LogP contribution in [-0.2, 0) is 26.4 Å². The molecule has 0 aliphatic heterocycles. The molecule has 0 bridgehead atoms. The highest BCUT2D eigenvalue weighted by Crippen LogP contribution is 2.51. The minimum absolute atomic E-state index is 0.00513. The van der Waals surface area contributed by atoms with E-state index in [1.165, 1.54) is 62.6 Å². The first-order valence-corrected chi connectivity index (χ1v) is 35.4. The number of carbonyl (C=O) groups is 2. The Kier molecular flexibility index (Phi) is 17.4. The fraction of sp³-hybridized carbons (Fsp3) is 0.375. The Balaban J connectivity index is 0.000000202. The minimum atomic E-state index is -2.03. The Bertz CT molecular complexity index is 4020. The molecule has 444 valence electrons. The van der Waals surface area contributed by atoms with Gasteiger partial charge < -0.3 is 37.3 Å². The third-order valence-electron chi connectivity index (χ3n) is 16.8. The Morgan fingerprint density at radius 3 is 1.39 bits per heavy atom.